The molecule has 0 saturated carbocycles. The van der Waals surface area contributed by atoms with E-state index in [9.17, 15) is 13.2 Å². The number of thiazole rings is 1. The van der Waals surface area contributed by atoms with Crippen LogP contribution in [-0.4, -0.2) is 25.9 Å². The zero-order valence-electron chi connectivity index (χ0n) is 17.5. The molecule has 0 aliphatic heterocycles. The van der Waals surface area contributed by atoms with Crippen LogP contribution in [0.2, 0.25) is 0 Å². The summed E-state index contributed by atoms with van der Waals surface area (Å²) in [5.74, 6) is 0.333. The predicted molar refractivity (Wildman–Crippen MR) is 127 cm³/mol. The third kappa shape index (κ3) is 5.24. The van der Waals surface area contributed by atoms with Crippen molar-refractivity contribution in [2.75, 3.05) is 16.6 Å². The standard InChI is InChI=1S/C23H21N3O4S2/c1-15-6-9-19(10-7-15)32(28,29)26-23-25-20-11-8-17(13-21(20)31-23)24-22(27)14-30-18-5-3-4-16(2)12-18/h3-13H,14H2,1-2H3,(H,24,27)(H,25,26). The van der Waals surface area contributed by atoms with Crippen LogP contribution in [0.3, 0.4) is 0 Å². The van der Waals surface area contributed by atoms with Crippen LogP contribution in [0.15, 0.2) is 71.6 Å². The van der Waals surface area contributed by atoms with Gasteiger partial charge < -0.3 is 10.1 Å². The molecule has 0 spiro atoms. The molecule has 0 aliphatic carbocycles. The van der Waals surface area contributed by atoms with E-state index in [1.54, 1.807) is 48.5 Å². The molecule has 0 atom stereocenters. The largest absolute Gasteiger partial charge is 0.484 e. The minimum atomic E-state index is -3.73. The van der Waals surface area contributed by atoms with E-state index in [2.05, 4.69) is 15.0 Å². The van der Waals surface area contributed by atoms with Gasteiger partial charge in [-0.15, -0.1) is 0 Å². The molecular formula is C23H21N3O4S2. The quantitative estimate of drug-likeness (QED) is 0.409. The van der Waals surface area contributed by atoms with Crippen LogP contribution >= 0.6 is 11.3 Å². The minimum Gasteiger partial charge on any atom is -0.484 e. The number of carbonyl (C=O) groups excluding carboxylic acids is 1. The van der Waals surface area contributed by atoms with Crippen LogP contribution in [0.1, 0.15) is 11.1 Å². The van der Waals surface area contributed by atoms with E-state index in [4.69, 9.17) is 4.74 Å². The smallest absolute Gasteiger partial charge is 0.263 e. The van der Waals surface area contributed by atoms with Gasteiger partial charge in [0, 0.05) is 5.69 Å². The highest BCUT2D eigenvalue weighted by atomic mass is 32.2. The molecule has 0 aliphatic rings. The summed E-state index contributed by atoms with van der Waals surface area (Å²) in [4.78, 5) is 16.7. The number of nitrogens with zero attached hydrogens (tertiary/aromatic N) is 1. The SMILES string of the molecule is Cc1ccc(S(=O)(=O)Nc2nc3ccc(NC(=O)COc4cccc(C)c4)cc3s2)cc1. The van der Waals surface area contributed by atoms with Crippen LogP contribution < -0.4 is 14.8 Å². The fourth-order valence-corrected chi connectivity index (χ4v) is 5.13. The number of amides is 1. The van der Waals surface area contributed by atoms with Gasteiger partial charge in [-0.1, -0.05) is 41.2 Å². The van der Waals surface area contributed by atoms with Crippen LogP contribution in [0.5, 0.6) is 5.75 Å². The van der Waals surface area contributed by atoms with Crippen molar-refractivity contribution < 1.29 is 17.9 Å². The fourth-order valence-electron chi connectivity index (χ4n) is 2.99. The number of rotatable bonds is 7. The first-order valence-corrected chi connectivity index (χ1v) is 12.1. The monoisotopic (exact) mass is 467 g/mol. The molecule has 4 aromatic rings. The van der Waals surface area contributed by atoms with Gasteiger partial charge >= 0.3 is 0 Å². The number of sulfonamides is 1. The summed E-state index contributed by atoms with van der Waals surface area (Å²) in [5.41, 5.74) is 3.23. The molecule has 32 heavy (non-hydrogen) atoms. The molecule has 0 saturated heterocycles. The van der Waals surface area contributed by atoms with Crippen LogP contribution in [0.4, 0.5) is 10.8 Å². The van der Waals surface area contributed by atoms with Gasteiger partial charge in [0.15, 0.2) is 11.7 Å². The molecule has 0 unspecified atom stereocenters. The molecular weight excluding hydrogens is 446 g/mol. The average Bonchev–Trinajstić information content (AvgIpc) is 3.13. The molecule has 1 amide bonds. The lowest BCUT2D eigenvalue weighted by molar-refractivity contribution is -0.118. The molecule has 3 aromatic carbocycles. The predicted octanol–water partition coefficient (Wildman–Crippen LogP) is 4.73. The molecule has 0 bridgehead atoms. The van der Waals surface area contributed by atoms with E-state index >= 15 is 0 Å². The van der Waals surface area contributed by atoms with E-state index in [-0.39, 0.29) is 22.5 Å². The summed E-state index contributed by atoms with van der Waals surface area (Å²) in [6.45, 7) is 3.72. The minimum absolute atomic E-state index is 0.119. The number of anilines is 2. The number of carbonyl (C=O) groups is 1. The highest BCUT2D eigenvalue weighted by molar-refractivity contribution is 7.93. The zero-order valence-corrected chi connectivity index (χ0v) is 19.1. The molecule has 1 heterocycles. The Morgan fingerprint density at radius 3 is 2.53 bits per heavy atom. The number of hydrogen-bond donors (Lipinski definition) is 2. The third-order valence-electron chi connectivity index (χ3n) is 4.58. The second-order valence-electron chi connectivity index (χ2n) is 7.27. The fraction of sp³-hybridized carbons (Fsp3) is 0.130. The lowest BCUT2D eigenvalue weighted by Crippen LogP contribution is -2.20. The summed E-state index contributed by atoms with van der Waals surface area (Å²) >= 11 is 1.19. The van der Waals surface area contributed by atoms with Crippen molar-refractivity contribution in [2.24, 2.45) is 0 Å². The maximum atomic E-state index is 12.6. The Labute approximate surface area is 190 Å². The van der Waals surface area contributed by atoms with Gasteiger partial charge in [0.1, 0.15) is 5.75 Å². The normalized spacial score (nSPS) is 11.3. The Morgan fingerprint density at radius 1 is 1.00 bits per heavy atom. The van der Waals surface area contributed by atoms with Gasteiger partial charge in [-0.2, -0.15) is 0 Å². The van der Waals surface area contributed by atoms with Crippen molar-refractivity contribution in [3.63, 3.8) is 0 Å². The van der Waals surface area contributed by atoms with Crippen molar-refractivity contribution >= 4 is 48.3 Å². The zero-order chi connectivity index (χ0) is 22.7. The number of aryl methyl sites for hydroxylation is 2. The summed E-state index contributed by atoms with van der Waals surface area (Å²) in [6.07, 6.45) is 0. The van der Waals surface area contributed by atoms with Crippen LogP contribution in [-0.2, 0) is 14.8 Å². The number of benzene rings is 3. The highest BCUT2D eigenvalue weighted by Crippen LogP contribution is 2.30. The number of nitrogens with one attached hydrogen (secondary N) is 2. The Morgan fingerprint density at radius 2 is 1.78 bits per heavy atom. The van der Waals surface area contributed by atoms with E-state index in [0.717, 1.165) is 15.8 Å². The molecule has 1 aromatic heterocycles. The Kier molecular flexibility index (Phi) is 6.11. The van der Waals surface area contributed by atoms with Crippen molar-refractivity contribution in [1.29, 1.82) is 0 Å². The summed E-state index contributed by atoms with van der Waals surface area (Å²) < 4.78 is 34.0. The number of hydrogen-bond acceptors (Lipinski definition) is 6. The average molecular weight is 468 g/mol. The first-order chi connectivity index (χ1) is 15.3. The van der Waals surface area contributed by atoms with E-state index in [1.807, 2.05) is 32.0 Å². The topological polar surface area (TPSA) is 97.4 Å². The highest BCUT2D eigenvalue weighted by Gasteiger charge is 2.16. The Bertz CT molecular complexity index is 1380. The first-order valence-electron chi connectivity index (χ1n) is 9.78. The number of ether oxygens (including phenoxy) is 1. The molecule has 7 nitrogen and oxygen atoms in total. The van der Waals surface area contributed by atoms with Gasteiger partial charge in [0.25, 0.3) is 15.9 Å². The summed E-state index contributed by atoms with van der Waals surface area (Å²) in [7, 11) is -3.73. The van der Waals surface area contributed by atoms with Crippen molar-refractivity contribution in [1.82, 2.24) is 4.98 Å². The van der Waals surface area contributed by atoms with Gasteiger partial charge in [-0.05, 0) is 61.9 Å². The lowest BCUT2D eigenvalue weighted by atomic mass is 10.2. The molecule has 0 fully saturated rings. The second kappa shape index (κ2) is 8.97. The summed E-state index contributed by atoms with van der Waals surface area (Å²) in [6, 6.07) is 19.2. The maximum absolute atomic E-state index is 12.6. The second-order valence-corrected chi connectivity index (χ2v) is 9.99. The molecule has 164 valence electrons. The summed E-state index contributed by atoms with van der Waals surface area (Å²) in [5, 5.41) is 3.04. The van der Waals surface area contributed by atoms with E-state index < -0.39 is 10.0 Å². The van der Waals surface area contributed by atoms with Gasteiger partial charge in [0.2, 0.25) is 0 Å². The number of aromatic nitrogens is 1. The van der Waals surface area contributed by atoms with Crippen LogP contribution in [0.25, 0.3) is 10.2 Å². The molecule has 4 rings (SSSR count). The molecule has 9 heteroatoms. The van der Waals surface area contributed by atoms with Gasteiger partial charge in [-0.3, -0.25) is 9.52 Å². The maximum Gasteiger partial charge on any atom is 0.263 e. The van der Waals surface area contributed by atoms with E-state index in [1.165, 1.54) is 11.3 Å². The van der Waals surface area contributed by atoms with Crippen LogP contribution in [0, 0.1) is 13.8 Å². The first kappa shape index (κ1) is 21.8. The van der Waals surface area contributed by atoms with Crippen molar-refractivity contribution in [2.45, 2.75) is 18.7 Å². The van der Waals surface area contributed by atoms with Gasteiger partial charge in [0.05, 0.1) is 15.1 Å². The lowest BCUT2D eigenvalue weighted by Gasteiger charge is -2.08. The van der Waals surface area contributed by atoms with Gasteiger partial charge in [-0.25, -0.2) is 13.4 Å². The van der Waals surface area contributed by atoms with Crippen molar-refractivity contribution in [3.05, 3.63) is 77.9 Å². The van der Waals surface area contributed by atoms with Crippen molar-refractivity contribution in [3.8, 4) is 5.75 Å². The van der Waals surface area contributed by atoms with E-state index in [0.29, 0.717) is 17.0 Å². The number of fused-ring (bicyclic) bond motifs is 1. The molecule has 0 radical (unpaired) electrons. The molecule has 2 N–H and O–H groups in total. The Balaban J connectivity index is 1.43. The Hall–Kier alpha value is -3.43. The third-order valence-corrected chi connectivity index (χ3v) is 7.00.